The summed E-state index contributed by atoms with van der Waals surface area (Å²) in [7, 11) is 0. The van der Waals surface area contributed by atoms with Crippen LogP contribution in [0.3, 0.4) is 0 Å². The lowest BCUT2D eigenvalue weighted by Crippen LogP contribution is -1.56. The van der Waals surface area contributed by atoms with Gasteiger partial charge >= 0.3 is 0 Å². The minimum atomic E-state index is 1.13. The molecule has 18 heavy (non-hydrogen) atoms. The molecule has 0 saturated carbocycles. The van der Waals surface area contributed by atoms with Gasteiger partial charge in [-0.2, -0.15) is 0 Å². The average Bonchev–Trinajstić information content (AvgIpc) is 3.11. The first-order chi connectivity index (χ1) is 8.79. The van der Waals surface area contributed by atoms with E-state index < -0.39 is 0 Å². The van der Waals surface area contributed by atoms with Gasteiger partial charge in [-0.05, 0) is 30.9 Å². The van der Waals surface area contributed by atoms with Gasteiger partial charge in [0.2, 0.25) is 0 Å². The number of nitrogens with zero attached hydrogens (tertiary/aromatic N) is 2. The highest BCUT2D eigenvalue weighted by molar-refractivity contribution is 7.09. The molecule has 0 radical (unpaired) electrons. The molecule has 0 aliphatic heterocycles. The second kappa shape index (κ2) is 21.5. The Morgan fingerprint density at radius 1 is 0.944 bits per heavy atom. The van der Waals surface area contributed by atoms with Gasteiger partial charge in [0.15, 0.2) is 0 Å². The van der Waals surface area contributed by atoms with Gasteiger partial charge in [0, 0.05) is 23.2 Å². The summed E-state index contributed by atoms with van der Waals surface area (Å²) in [6.07, 6.45) is 3.66. The van der Waals surface area contributed by atoms with Gasteiger partial charge in [0.05, 0.1) is 5.01 Å². The molecule has 0 N–H and O–H groups in total. The zero-order valence-electron chi connectivity index (χ0n) is 13.0. The summed E-state index contributed by atoms with van der Waals surface area (Å²) in [6.45, 7) is 16.0. The number of rotatable bonds is 0. The molecule has 106 valence electrons. The Hall–Kier alpha value is -0.740. The third-order valence-corrected chi connectivity index (χ3v) is 2.52. The van der Waals surface area contributed by atoms with Crippen LogP contribution >= 0.6 is 22.9 Å². The van der Waals surface area contributed by atoms with Crippen LogP contribution in [0.4, 0.5) is 0 Å². The van der Waals surface area contributed by atoms with Crippen molar-refractivity contribution in [2.45, 2.75) is 55.4 Å². The standard InChI is InChI=1S/2C4H5NS.3C2H6/c1-4-2-5-6-3-4;1-4-5-2-3-6-4;3*1-2/h2*2-3H,1H3;3*1-2H3. The van der Waals surface area contributed by atoms with Crippen LogP contribution in [0.15, 0.2) is 23.2 Å². The molecule has 0 amide bonds. The highest BCUT2D eigenvalue weighted by Crippen LogP contribution is 1.98. The molecular formula is C14H28N2S2. The van der Waals surface area contributed by atoms with Crippen LogP contribution in [-0.2, 0) is 0 Å². The van der Waals surface area contributed by atoms with E-state index in [9.17, 15) is 0 Å². The van der Waals surface area contributed by atoms with E-state index in [4.69, 9.17) is 0 Å². The van der Waals surface area contributed by atoms with E-state index in [0.717, 1.165) is 5.01 Å². The minimum absolute atomic E-state index is 1.13. The SMILES string of the molecule is CC.CC.CC.Cc1cnsc1.Cc1nccs1. The third kappa shape index (κ3) is 17.6. The first kappa shape index (κ1) is 22.4. The van der Waals surface area contributed by atoms with Crippen molar-refractivity contribution in [2.24, 2.45) is 0 Å². The summed E-state index contributed by atoms with van der Waals surface area (Å²) in [5, 5.41) is 5.12. The maximum Gasteiger partial charge on any atom is 0.0893 e. The molecule has 0 aromatic carbocycles. The lowest BCUT2D eigenvalue weighted by Gasteiger charge is -1.65. The molecule has 2 heterocycles. The smallest absolute Gasteiger partial charge is 0.0893 e. The Balaban J connectivity index is -0.000000178. The van der Waals surface area contributed by atoms with Gasteiger partial charge in [0.1, 0.15) is 0 Å². The number of thiazole rings is 1. The molecular weight excluding hydrogens is 260 g/mol. The Bertz CT molecular complexity index is 257. The highest BCUT2D eigenvalue weighted by Gasteiger charge is 1.76. The maximum absolute atomic E-state index is 3.94. The summed E-state index contributed by atoms with van der Waals surface area (Å²) >= 11 is 3.16. The number of aromatic nitrogens is 2. The monoisotopic (exact) mass is 288 g/mol. The first-order valence-electron chi connectivity index (χ1n) is 6.51. The molecule has 2 aromatic rings. The fourth-order valence-corrected chi connectivity index (χ4v) is 1.51. The number of aryl methyl sites for hydroxylation is 2. The van der Waals surface area contributed by atoms with Crippen molar-refractivity contribution in [3.05, 3.63) is 33.7 Å². The van der Waals surface area contributed by atoms with Crippen LogP contribution in [0.25, 0.3) is 0 Å². The van der Waals surface area contributed by atoms with Gasteiger partial charge in [-0.15, -0.1) is 11.3 Å². The first-order valence-corrected chi connectivity index (χ1v) is 8.22. The molecule has 0 fully saturated rings. The highest BCUT2D eigenvalue weighted by atomic mass is 32.1. The molecule has 0 spiro atoms. The average molecular weight is 289 g/mol. The van der Waals surface area contributed by atoms with E-state index >= 15 is 0 Å². The summed E-state index contributed by atoms with van der Waals surface area (Å²) in [5.74, 6) is 0. The lowest BCUT2D eigenvalue weighted by molar-refractivity contribution is 1.30. The molecule has 0 saturated heterocycles. The van der Waals surface area contributed by atoms with Crippen molar-refractivity contribution in [1.82, 2.24) is 9.36 Å². The molecule has 0 aliphatic rings. The molecule has 0 atom stereocenters. The van der Waals surface area contributed by atoms with Gasteiger partial charge < -0.3 is 0 Å². The van der Waals surface area contributed by atoms with Crippen molar-refractivity contribution < 1.29 is 0 Å². The normalized spacial score (nSPS) is 6.89. The van der Waals surface area contributed by atoms with Crippen LogP contribution in [0.2, 0.25) is 0 Å². The molecule has 4 heteroatoms. The summed E-state index contributed by atoms with van der Waals surface area (Å²) in [6, 6.07) is 0. The summed E-state index contributed by atoms with van der Waals surface area (Å²) < 4.78 is 3.86. The number of hydrogen-bond acceptors (Lipinski definition) is 4. The second-order valence-electron chi connectivity index (χ2n) is 2.25. The molecule has 2 rings (SSSR count). The minimum Gasteiger partial charge on any atom is -0.250 e. The predicted molar refractivity (Wildman–Crippen MR) is 87.7 cm³/mol. The largest absolute Gasteiger partial charge is 0.250 e. The molecule has 0 aliphatic carbocycles. The summed E-state index contributed by atoms with van der Waals surface area (Å²) in [5.41, 5.74) is 1.25. The number of hydrogen-bond donors (Lipinski definition) is 0. The van der Waals surface area contributed by atoms with Gasteiger partial charge in [-0.1, -0.05) is 41.5 Å². The van der Waals surface area contributed by atoms with Crippen LogP contribution in [-0.4, -0.2) is 9.36 Å². The predicted octanol–water partition coefficient (Wildman–Crippen LogP) is 5.98. The van der Waals surface area contributed by atoms with Crippen molar-refractivity contribution >= 4 is 22.9 Å². The summed E-state index contributed by atoms with van der Waals surface area (Å²) in [4.78, 5) is 3.94. The zero-order valence-corrected chi connectivity index (χ0v) is 14.7. The van der Waals surface area contributed by atoms with Crippen molar-refractivity contribution in [1.29, 1.82) is 0 Å². The van der Waals surface area contributed by atoms with Gasteiger partial charge in [0.25, 0.3) is 0 Å². The van der Waals surface area contributed by atoms with Crippen molar-refractivity contribution in [2.75, 3.05) is 0 Å². The van der Waals surface area contributed by atoms with E-state index in [-0.39, 0.29) is 0 Å². The molecule has 0 unspecified atom stereocenters. The Labute approximate surface area is 121 Å². The van der Waals surface area contributed by atoms with E-state index in [1.54, 1.807) is 17.5 Å². The topological polar surface area (TPSA) is 25.8 Å². The van der Waals surface area contributed by atoms with E-state index in [2.05, 4.69) is 9.36 Å². The fourth-order valence-electron chi connectivity index (χ4n) is 0.552. The Kier molecular flexibility index (Phi) is 26.8. The van der Waals surface area contributed by atoms with Gasteiger partial charge in [-0.25, -0.2) is 4.37 Å². The molecule has 0 bridgehead atoms. The van der Waals surface area contributed by atoms with Crippen LogP contribution < -0.4 is 0 Å². The second-order valence-corrected chi connectivity index (χ2v) is 4.01. The van der Waals surface area contributed by atoms with Crippen LogP contribution in [0.1, 0.15) is 52.1 Å². The van der Waals surface area contributed by atoms with Crippen LogP contribution in [0, 0.1) is 13.8 Å². The van der Waals surface area contributed by atoms with Crippen molar-refractivity contribution in [3.63, 3.8) is 0 Å². The molecule has 2 aromatic heterocycles. The zero-order chi connectivity index (χ0) is 14.8. The quantitative estimate of drug-likeness (QED) is 0.595. The van der Waals surface area contributed by atoms with E-state index in [1.165, 1.54) is 17.1 Å². The molecule has 2 nitrogen and oxygen atoms in total. The van der Waals surface area contributed by atoms with Crippen molar-refractivity contribution in [3.8, 4) is 0 Å². The Morgan fingerprint density at radius 3 is 1.61 bits per heavy atom. The lowest BCUT2D eigenvalue weighted by atomic mass is 10.5. The van der Waals surface area contributed by atoms with Gasteiger partial charge in [-0.3, -0.25) is 4.98 Å². The van der Waals surface area contributed by atoms with E-state index in [1.807, 2.05) is 72.3 Å². The Morgan fingerprint density at radius 2 is 1.50 bits per heavy atom. The third-order valence-electron chi connectivity index (χ3n) is 1.11. The van der Waals surface area contributed by atoms with Crippen LogP contribution in [0.5, 0.6) is 0 Å². The maximum atomic E-state index is 3.94. The van der Waals surface area contributed by atoms with E-state index in [0.29, 0.717) is 0 Å². The fraction of sp³-hybridized carbons (Fsp3) is 0.571.